The second-order valence-electron chi connectivity index (χ2n) is 9.36. The van der Waals surface area contributed by atoms with Gasteiger partial charge in [0.05, 0.1) is 12.9 Å². The van der Waals surface area contributed by atoms with Crippen molar-refractivity contribution >= 4 is 28.1 Å². The van der Waals surface area contributed by atoms with Crippen LogP contribution in [0.2, 0.25) is 0 Å². The predicted octanol–water partition coefficient (Wildman–Crippen LogP) is 8.50. The summed E-state index contributed by atoms with van der Waals surface area (Å²) in [6, 6.07) is 18.5. The third-order valence-electron chi connectivity index (χ3n) is 6.46. The van der Waals surface area contributed by atoms with E-state index in [1.807, 2.05) is 32.0 Å². The van der Waals surface area contributed by atoms with Crippen molar-refractivity contribution in [2.75, 3.05) is 11.9 Å². The lowest BCUT2D eigenvalue weighted by atomic mass is 9.96. The quantitative estimate of drug-likeness (QED) is 0.244. The van der Waals surface area contributed by atoms with Gasteiger partial charge in [0.25, 0.3) is 0 Å². The fourth-order valence-corrected chi connectivity index (χ4v) is 4.55. The summed E-state index contributed by atoms with van der Waals surface area (Å²) in [5.74, 6) is 0.534. The first kappa shape index (κ1) is 25.3. The van der Waals surface area contributed by atoms with Gasteiger partial charge in [-0.15, -0.1) is 0 Å². The molecule has 0 saturated carbocycles. The Labute approximate surface area is 214 Å². The number of rotatable bonds is 9. The lowest BCUT2D eigenvalue weighted by Crippen LogP contribution is -2.08. The van der Waals surface area contributed by atoms with Crippen LogP contribution in [0.3, 0.4) is 0 Å². The van der Waals surface area contributed by atoms with Gasteiger partial charge < -0.3 is 14.5 Å². The SMILES string of the molecule is CCCCc1ccc(NC(=O)/C=C(\C)c2cc3c(-c4ccc(C)cc4C)coc3cc2OCC)cc1. The molecule has 0 aliphatic rings. The molecule has 1 amide bonds. The Morgan fingerprint density at radius 3 is 2.47 bits per heavy atom. The van der Waals surface area contributed by atoms with Gasteiger partial charge in [-0.05, 0) is 81.0 Å². The van der Waals surface area contributed by atoms with Gasteiger partial charge in [-0.1, -0.05) is 49.2 Å². The van der Waals surface area contributed by atoms with Crippen LogP contribution in [0.25, 0.3) is 27.7 Å². The van der Waals surface area contributed by atoms with Crippen LogP contribution in [0.5, 0.6) is 5.75 Å². The molecule has 1 aromatic heterocycles. The number of hydrogen-bond acceptors (Lipinski definition) is 3. The summed E-state index contributed by atoms with van der Waals surface area (Å²) in [6.45, 7) is 10.8. The van der Waals surface area contributed by atoms with Gasteiger partial charge in [-0.3, -0.25) is 4.79 Å². The van der Waals surface area contributed by atoms with E-state index in [2.05, 4.69) is 62.5 Å². The maximum absolute atomic E-state index is 12.9. The van der Waals surface area contributed by atoms with Gasteiger partial charge >= 0.3 is 0 Å². The monoisotopic (exact) mass is 481 g/mol. The molecule has 0 atom stereocenters. The molecule has 0 unspecified atom stereocenters. The van der Waals surface area contributed by atoms with Crippen molar-refractivity contribution in [3.8, 4) is 16.9 Å². The lowest BCUT2D eigenvalue weighted by Gasteiger charge is -2.12. The molecule has 1 heterocycles. The number of carbonyl (C=O) groups excluding carboxylic acids is 1. The minimum Gasteiger partial charge on any atom is -0.493 e. The summed E-state index contributed by atoms with van der Waals surface area (Å²) < 4.78 is 11.9. The van der Waals surface area contributed by atoms with Crippen LogP contribution in [0.1, 0.15) is 55.9 Å². The Morgan fingerprint density at radius 2 is 1.78 bits per heavy atom. The Bertz CT molecular complexity index is 1390. The molecular weight excluding hydrogens is 446 g/mol. The summed E-state index contributed by atoms with van der Waals surface area (Å²) in [6.07, 6.45) is 6.83. The van der Waals surface area contributed by atoms with Gasteiger partial charge in [-0.25, -0.2) is 0 Å². The smallest absolute Gasteiger partial charge is 0.248 e. The Morgan fingerprint density at radius 1 is 1.00 bits per heavy atom. The lowest BCUT2D eigenvalue weighted by molar-refractivity contribution is -0.111. The number of hydrogen-bond donors (Lipinski definition) is 1. The van der Waals surface area contributed by atoms with E-state index in [0.29, 0.717) is 12.4 Å². The Kier molecular flexibility index (Phi) is 7.94. The summed E-state index contributed by atoms with van der Waals surface area (Å²) in [5, 5.41) is 3.98. The van der Waals surface area contributed by atoms with Crippen LogP contribution < -0.4 is 10.1 Å². The molecule has 4 heteroatoms. The largest absolute Gasteiger partial charge is 0.493 e. The number of ether oxygens (including phenoxy) is 1. The highest BCUT2D eigenvalue weighted by molar-refractivity contribution is 6.05. The van der Waals surface area contributed by atoms with E-state index in [9.17, 15) is 4.79 Å². The standard InChI is InChI=1S/C32H35NO3/c1-6-8-9-24-11-13-25(14-12-24)33-32(34)17-23(5)27-18-28-29(26-15-10-21(3)16-22(26)4)20-36-31(28)19-30(27)35-7-2/h10-20H,6-9H2,1-5H3,(H,33,34)/b23-17+. The van der Waals surface area contributed by atoms with Crippen LogP contribution in [0.15, 0.2) is 71.4 Å². The number of nitrogens with one attached hydrogen (secondary N) is 1. The van der Waals surface area contributed by atoms with Crippen LogP contribution in [-0.2, 0) is 11.2 Å². The molecule has 0 saturated heterocycles. The fourth-order valence-electron chi connectivity index (χ4n) is 4.55. The Balaban J connectivity index is 1.64. The van der Waals surface area contributed by atoms with Gasteiger partial charge in [0.15, 0.2) is 0 Å². The molecule has 0 radical (unpaired) electrons. The average Bonchev–Trinajstić information content (AvgIpc) is 3.26. The first-order chi connectivity index (χ1) is 17.4. The molecule has 3 aromatic carbocycles. The highest BCUT2D eigenvalue weighted by atomic mass is 16.5. The highest BCUT2D eigenvalue weighted by Crippen LogP contribution is 2.38. The zero-order valence-corrected chi connectivity index (χ0v) is 21.9. The van der Waals surface area contributed by atoms with E-state index < -0.39 is 0 Å². The predicted molar refractivity (Wildman–Crippen MR) is 150 cm³/mol. The molecule has 0 spiro atoms. The summed E-state index contributed by atoms with van der Waals surface area (Å²) in [7, 11) is 0. The Hall–Kier alpha value is -3.79. The second kappa shape index (κ2) is 11.3. The van der Waals surface area contributed by atoms with E-state index in [-0.39, 0.29) is 5.91 Å². The zero-order valence-electron chi connectivity index (χ0n) is 21.9. The number of allylic oxidation sites excluding steroid dienone is 1. The molecule has 0 aliphatic carbocycles. The van der Waals surface area contributed by atoms with Gasteiger partial charge in [0.2, 0.25) is 5.91 Å². The number of unbranched alkanes of at least 4 members (excludes halogenated alkanes) is 1. The van der Waals surface area contributed by atoms with Crippen LogP contribution >= 0.6 is 0 Å². The van der Waals surface area contributed by atoms with Gasteiger partial charge in [0, 0.05) is 34.3 Å². The third kappa shape index (κ3) is 5.71. The second-order valence-corrected chi connectivity index (χ2v) is 9.36. The van der Waals surface area contributed by atoms with E-state index in [1.165, 1.54) is 29.5 Å². The number of carbonyl (C=O) groups is 1. The van der Waals surface area contributed by atoms with Crippen LogP contribution in [-0.4, -0.2) is 12.5 Å². The molecular formula is C32H35NO3. The van der Waals surface area contributed by atoms with Crippen LogP contribution in [0.4, 0.5) is 5.69 Å². The molecule has 36 heavy (non-hydrogen) atoms. The van der Waals surface area contributed by atoms with Gasteiger partial charge in [0.1, 0.15) is 11.3 Å². The number of benzene rings is 3. The van der Waals surface area contributed by atoms with Crippen molar-refractivity contribution in [1.82, 2.24) is 0 Å². The van der Waals surface area contributed by atoms with Gasteiger partial charge in [-0.2, -0.15) is 0 Å². The molecule has 0 bridgehead atoms. The van der Waals surface area contributed by atoms with Crippen molar-refractivity contribution in [3.63, 3.8) is 0 Å². The van der Waals surface area contributed by atoms with E-state index >= 15 is 0 Å². The number of fused-ring (bicyclic) bond motifs is 1. The maximum Gasteiger partial charge on any atom is 0.248 e. The van der Waals surface area contributed by atoms with E-state index in [0.717, 1.165) is 45.3 Å². The van der Waals surface area contributed by atoms with Crippen molar-refractivity contribution in [1.29, 1.82) is 0 Å². The first-order valence-electron chi connectivity index (χ1n) is 12.7. The number of amides is 1. The zero-order chi connectivity index (χ0) is 25.7. The van der Waals surface area contributed by atoms with Crippen molar-refractivity contribution < 1.29 is 13.9 Å². The van der Waals surface area contributed by atoms with Crippen molar-refractivity contribution in [2.45, 2.75) is 53.9 Å². The normalized spacial score (nSPS) is 11.6. The number of anilines is 1. The minimum absolute atomic E-state index is 0.168. The summed E-state index contributed by atoms with van der Waals surface area (Å²) >= 11 is 0. The molecule has 4 rings (SSSR count). The molecule has 0 aliphatic heterocycles. The summed E-state index contributed by atoms with van der Waals surface area (Å²) in [4.78, 5) is 12.9. The van der Waals surface area contributed by atoms with Crippen LogP contribution in [0, 0.1) is 13.8 Å². The highest BCUT2D eigenvalue weighted by Gasteiger charge is 2.16. The van der Waals surface area contributed by atoms with Crippen molar-refractivity contribution in [3.05, 3.63) is 89.2 Å². The molecule has 186 valence electrons. The number of aryl methyl sites for hydroxylation is 3. The van der Waals surface area contributed by atoms with E-state index in [4.69, 9.17) is 9.15 Å². The molecule has 4 aromatic rings. The third-order valence-corrected chi connectivity index (χ3v) is 6.46. The fraction of sp³-hybridized carbons (Fsp3) is 0.281. The molecule has 0 fully saturated rings. The van der Waals surface area contributed by atoms with Crippen molar-refractivity contribution in [2.24, 2.45) is 0 Å². The maximum atomic E-state index is 12.9. The first-order valence-corrected chi connectivity index (χ1v) is 12.7. The average molecular weight is 482 g/mol. The minimum atomic E-state index is -0.168. The number of furan rings is 1. The topological polar surface area (TPSA) is 51.5 Å². The van der Waals surface area contributed by atoms with E-state index in [1.54, 1.807) is 12.3 Å². The molecule has 1 N–H and O–H groups in total. The molecule has 4 nitrogen and oxygen atoms in total. The summed E-state index contributed by atoms with van der Waals surface area (Å²) in [5.41, 5.74) is 9.13.